The average molecular weight is 283 g/mol. The van der Waals surface area contributed by atoms with Gasteiger partial charge in [0.05, 0.1) is 0 Å². The molecule has 0 saturated carbocycles. The van der Waals surface area contributed by atoms with Gasteiger partial charge in [0.25, 0.3) is 0 Å². The predicted octanol–water partition coefficient (Wildman–Crippen LogP) is 4.71. The largest absolute Gasteiger partial charge is 0.303 e. The van der Waals surface area contributed by atoms with Crippen molar-refractivity contribution in [2.45, 2.75) is 51.1 Å². The zero-order chi connectivity index (χ0) is 13.5. The normalized spacial score (nSPS) is 24.4. The number of rotatable bonds is 2. The first-order valence-corrected chi connectivity index (χ1v) is 8.61. The SMILES string of the molecule is Cc1ccc2c(c1)C(NC1CCCc3sccc31)CC2. The van der Waals surface area contributed by atoms with E-state index in [9.17, 15) is 0 Å². The third kappa shape index (κ3) is 2.11. The zero-order valence-electron chi connectivity index (χ0n) is 12.0. The van der Waals surface area contributed by atoms with Crippen molar-refractivity contribution in [2.75, 3.05) is 0 Å². The van der Waals surface area contributed by atoms with Crippen molar-refractivity contribution in [3.63, 3.8) is 0 Å². The summed E-state index contributed by atoms with van der Waals surface area (Å²) in [4.78, 5) is 1.61. The lowest BCUT2D eigenvalue weighted by molar-refractivity contribution is 0.401. The van der Waals surface area contributed by atoms with Gasteiger partial charge in [-0.15, -0.1) is 11.3 Å². The summed E-state index contributed by atoms with van der Waals surface area (Å²) < 4.78 is 0. The Bertz CT molecular complexity index is 628. The Morgan fingerprint density at radius 3 is 2.90 bits per heavy atom. The van der Waals surface area contributed by atoms with Gasteiger partial charge in [-0.3, -0.25) is 0 Å². The Morgan fingerprint density at radius 2 is 1.95 bits per heavy atom. The van der Waals surface area contributed by atoms with Crippen molar-refractivity contribution in [1.29, 1.82) is 0 Å². The van der Waals surface area contributed by atoms with Crippen molar-refractivity contribution in [2.24, 2.45) is 0 Å². The van der Waals surface area contributed by atoms with Crippen LogP contribution in [0.1, 0.15) is 58.5 Å². The van der Waals surface area contributed by atoms with E-state index >= 15 is 0 Å². The standard InChI is InChI=1S/C18H21NS/c1-12-5-6-13-7-8-17(15(13)11-12)19-16-3-2-4-18-14(16)9-10-20-18/h5-6,9-11,16-17,19H,2-4,7-8H2,1H3. The summed E-state index contributed by atoms with van der Waals surface area (Å²) in [5.74, 6) is 0. The van der Waals surface area contributed by atoms with E-state index in [2.05, 4.69) is 41.9 Å². The molecule has 2 aromatic rings. The summed E-state index contributed by atoms with van der Waals surface area (Å²) in [6.07, 6.45) is 6.40. The summed E-state index contributed by atoms with van der Waals surface area (Å²) in [7, 11) is 0. The van der Waals surface area contributed by atoms with Crippen LogP contribution in [0.5, 0.6) is 0 Å². The molecule has 1 heterocycles. The van der Waals surface area contributed by atoms with Crippen LogP contribution in [0.2, 0.25) is 0 Å². The highest BCUT2D eigenvalue weighted by Gasteiger charge is 2.28. The van der Waals surface area contributed by atoms with Crippen molar-refractivity contribution in [3.05, 3.63) is 56.8 Å². The zero-order valence-corrected chi connectivity index (χ0v) is 12.8. The molecule has 4 rings (SSSR count). The van der Waals surface area contributed by atoms with Crippen LogP contribution in [0.3, 0.4) is 0 Å². The summed E-state index contributed by atoms with van der Waals surface area (Å²) in [5, 5.41) is 6.21. The van der Waals surface area contributed by atoms with E-state index in [0.717, 1.165) is 0 Å². The smallest absolute Gasteiger partial charge is 0.0336 e. The first-order chi connectivity index (χ1) is 9.81. The summed E-state index contributed by atoms with van der Waals surface area (Å²) >= 11 is 1.94. The lowest BCUT2D eigenvalue weighted by Crippen LogP contribution is -2.27. The van der Waals surface area contributed by atoms with Crippen molar-refractivity contribution >= 4 is 11.3 Å². The molecule has 0 aliphatic heterocycles. The molecule has 0 spiro atoms. The fraction of sp³-hybridized carbons (Fsp3) is 0.444. The number of benzene rings is 1. The molecule has 1 N–H and O–H groups in total. The minimum atomic E-state index is 0.556. The average Bonchev–Trinajstić information content (AvgIpc) is 3.06. The van der Waals surface area contributed by atoms with E-state index in [1.165, 1.54) is 37.7 Å². The molecule has 2 aliphatic carbocycles. The molecule has 20 heavy (non-hydrogen) atoms. The Hall–Kier alpha value is -1.12. The van der Waals surface area contributed by atoms with Gasteiger partial charge < -0.3 is 5.32 Å². The van der Waals surface area contributed by atoms with Crippen LogP contribution in [0.15, 0.2) is 29.6 Å². The Kier molecular flexibility index (Phi) is 3.16. The van der Waals surface area contributed by atoms with E-state index in [0.29, 0.717) is 12.1 Å². The van der Waals surface area contributed by atoms with Crippen LogP contribution >= 0.6 is 11.3 Å². The lowest BCUT2D eigenvalue weighted by atomic mass is 9.92. The molecule has 2 heteroatoms. The van der Waals surface area contributed by atoms with E-state index < -0.39 is 0 Å². The maximum Gasteiger partial charge on any atom is 0.0336 e. The Balaban J connectivity index is 1.59. The topological polar surface area (TPSA) is 12.0 Å². The van der Waals surface area contributed by atoms with E-state index in [-0.39, 0.29) is 0 Å². The molecular formula is C18H21NS. The van der Waals surface area contributed by atoms with Gasteiger partial charge >= 0.3 is 0 Å². The van der Waals surface area contributed by atoms with Crippen LogP contribution in [0.25, 0.3) is 0 Å². The summed E-state index contributed by atoms with van der Waals surface area (Å²) in [6.45, 7) is 2.20. The van der Waals surface area contributed by atoms with Gasteiger partial charge in [-0.2, -0.15) is 0 Å². The van der Waals surface area contributed by atoms with Crippen molar-refractivity contribution < 1.29 is 0 Å². The Labute approximate surface area is 125 Å². The third-order valence-electron chi connectivity index (χ3n) is 4.83. The highest BCUT2D eigenvalue weighted by atomic mass is 32.1. The van der Waals surface area contributed by atoms with E-state index in [1.807, 2.05) is 11.3 Å². The Morgan fingerprint density at radius 1 is 1.05 bits per heavy atom. The number of aryl methyl sites for hydroxylation is 3. The number of hydrogen-bond donors (Lipinski definition) is 1. The van der Waals surface area contributed by atoms with Gasteiger partial charge in [0.15, 0.2) is 0 Å². The molecule has 104 valence electrons. The van der Waals surface area contributed by atoms with Gasteiger partial charge in [0.1, 0.15) is 0 Å². The van der Waals surface area contributed by atoms with E-state index in [4.69, 9.17) is 0 Å². The second-order valence-electron chi connectivity index (χ2n) is 6.20. The maximum atomic E-state index is 3.95. The molecule has 1 nitrogen and oxygen atoms in total. The fourth-order valence-electron chi connectivity index (χ4n) is 3.80. The van der Waals surface area contributed by atoms with Gasteiger partial charge in [0, 0.05) is 17.0 Å². The molecule has 2 aliphatic rings. The molecule has 0 amide bonds. The van der Waals surface area contributed by atoms with Crippen LogP contribution in [-0.2, 0) is 12.8 Å². The van der Waals surface area contributed by atoms with Gasteiger partial charge in [-0.05, 0) is 67.2 Å². The fourth-order valence-corrected chi connectivity index (χ4v) is 4.78. The molecule has 2 unspecified atom stereocenters. The van der Waals surface area contributed by atoms with Gasteiger partial charge in [-0.25, -0.2) is 0 Å². The van der Waals surface area contributed by atoms with Crippen LogP contribution in [0.4, 0.5) is 0 Å². The molecular weight excluding hydrogens is 262 g/mol. The van der Waals surface area contributed by atoms with Crippen LogP contribution in [-0.4, -0.2) is 0 Å². The van der Waals surface area contributed by atoms with E-state index in [1.54, 1.807) is 21.6 Å². The highest BCUT2D eigenvalue weighted by Crippen LogP contribution is 2.38. The van der Waals surface area contributed by atoms with Gasteiger partial charge in [0.2, 0.25) is 0 Å². The van der Waals surface area contributed by atoms with Gasteiger partial charge in [-0.1, -0.05) is 23.8 Å². The molecule has 0 fully saturated rings. The highest BCUT2D eigenvalue weighted by molar-refractivity contribution is 7.10. The summed E-state index contributed by atoms with van der Waals surface area (Å²) in [5.41, 5.74) is 6.06. The minimum absolute atomic E-state index is 0.556. The lowest BCUT2D eigenvalue weighted by Gasteiger charge is -2.27. The van der Waals surface area contributed by atoms with Crippen molar-refractivity contribution in [3.8, 4) is 0 Å². The molecule has 0 bridgehead atoms. The number of hydrogen-bond acceptors (Lipinski definition) is 2. The maximum absolute atomic E-state index is 3.95. The first kappa shape index (κ1) is 12.6. The second kappa shape index (κ2) is 5.01. The van der Waals surface area contributed by atoms with Crippen LogP contribution < -0.4 is 5.32 Å². The number of thiophene rings is 1. The molecule has 0 saturated heterocycles. The first-order valence-electron chi connectivity index (χ1n) is 7.73. The third-order valence-corrected chi connectivity index (χ3v) is 5.83. The summed E-state index contributed by atoms with van der Waals surface area (Å²) in [6, 6.07) is 10.4. The van der Waals surface area contributed by atoms with Crippen molar-refractivity contribution in [1.82, 2.24) is 5.32 Å². The monoisotopic (exact) mass is 283 g/mol. The molecule has 1 aromatic heterocycles. The van der Waals surface area contributed by atoms with Crippen LogP contribution in [0, 0.1) is 6.92 Å². The minimum Gasteiger partial charge on any atom is -0.303 e. The number of nitrogens with one attached hydrogen (secondary N) is 1. The number of fused-ring (bicyclic) bond motifs is 2. The molecule has 1 aromatic carbocycles. The quantitative estimate of drug-likeness (QED) is 0.841. The second-order valence-corrected chi connectivity index (χ2v) is 7.20. The predicted molar refractivity (Wildman–Crippen MR) is 85.4 cm³/mol. The molecule has 2 atom stereocenters. The molecule has 0 radical (unpaired) electrons.